The first-order chi connectivity index (χ1) is 10.2. The number of aliphatic hydroxyl groups excluding tert-OH is 2. The lowest BCUT2D eigenvalue weighted by Crippen LogP contribution is -2.48. The predicted molar refractivity (Wildman–Crippen MR) is 89.5 cm³/mol. The fourth-order valence-electron chi connectivity index (χ4n) is 3.33. The molecule has 3 N–H and O–H groups in total. The molecule has 0 aromatic rings. The van der Waals surface area contributed by atoms with Crippen molar-refractivity contribution in [2.45, 2.75) is 109 Å². The van der Waals surface area contributed by atoms with Gasteiger partial charge in [0.05, 0.1) is 6.10 Å². The van der Waals surface area contributed by atoms with Crippen molar-refractivity contribution in [3.05, 3.63) is 0 Å². The van der Waals surface area contributed by atoms with Crippen molar-refractivity contribution in [2.75, 3.05) is 6.61 Å². The molecule has 1 saturated heterocycles. The molecule has 0 amide bonds. The van der Waals surface area contributed by atoms with Crippen molar-refractivity contribution < 1.29 is 10.2 Å². The topological polar surface area (TPSA) is 52.5 Å². The van der Waals surface area contributed by atoms with Crippen molar-refractivity contribution >= 4 is 0 Å². The Morgan fingerprint density at radius 3 is 1.86 bits per heavy atom. The van der Waals surface area contributed by atoms with Gasteiger partial charge in [-0.3, -0.25) is 0 Å². The van der Waals surface area contributed by atoms with Gasteiger partial charge in [0.1, 0.15) is 0 Å². The molecule has 3 nitrogen and oxygen atoms in total. The molecule has 3 heteroatoms. The van der Waals surface area contributed by atoms with E-state index in [0.29, 0.717) is 12.6 Å². The van der Waals surface area contributed by atoms with Gasteiger partial charge in [-0.1, -0.05) is 57.8 Å². The molecule has 0 unspecified atom stereocenters. The molecule has 1 aliphatic rings. The summed E-state index contributed by atoms with van der Waals surface area (Å²) in [4.78, 5) is 0. The van der Waals surface area contributed by atoms with Crippen LogP contribution in [-0.4, -0.2) is 35.0 Å². The minimum atomic E-state index is -0.140. The zero-order valence-electron chi connectivity index (χ0n) is 14.0. The second-order valence-corrected chi connectivity index (χ2v) is 6.84. The smallest absolute Gasteiger partial charge is 0.0691 e. The average molecular weight is 299 g/mol. The first-order valence-corrected chi connectivity index (χ1v) is 9.29. The lowest BCUT2D eigenvalue weighted by Gasteiger charge is -2.32. The van der Waals surface area contributed by atoms with E-state index in [-0.39, 0.29) is 12.1 Å². The number of rotatable bonds is 12. The summed E-state index contributed by atoms with van der Waals surface area (Å²) >= 11 is 0. The number of hydrogen-bond donors (Lipinski definition) is 3. The van der Waals surface area contributed by atoms with Crippen molar-refractivity contribution in [3.8, 4) is 0 Å². The molecule has 1 fully saturated rings. The van der Waals surface area contributed by atoms with Crippen molar-refractivity contribution in [3.63, 3.8) is 0 Å². The van der Waals surface area contributed by atoms with Crippen LogP contribution in [0, 0.1) is 0 Å². The third-order valence-corrected chi connectivity index (χ3v) is 4.85. The molecule has 0 saturated carbocycles. The van der Waals surface area contributed by atoms with Crippen molar-refractivity contribution in [2.24, 2.45) is 0 Å². The van der Waals surface area contributed by atoms with Gasteiger partial charge in [-0.05, 0) is 32.6 Å². The molecule has 0 spiro atoms. The lowest BCUT2D eigenvalue weighted by atomic mass is 9.93. The molecule has 0 radical (unpaired) electrons. The summed E-state index contributed by atoms with van der Waals surface area (Å²) in [6.45, 7) is 2.45. The van der Waals surface area contributed by atoms with E-state index in [1.54, 1.807) is 0 Å². The Morgan fingerprint density at radius 1 is 0.810 bits per heavy atom. The van der Waals surface area contributed by atoms with Gasteiger partial charge in [0.2, 0.25) is 0 Å². The molecule has 1 aliphatic heterocycles. The SMILES string of the molecule is C[C@@H]1N[C@@H](CCCCCCCCCCCCO)CC[C@@H]1O. The van der Waals surface area contributed by atoms with Crippen LogP contribution in [0.15, 0.2) is 0 Å². The molecule has 1 heterocycles. The zero-order valence-corrected chi connectivity index (χ0v) is 14.0. The summed E-state index contributed by atoms with van der Waals surface area (Å²) < 4.78 is 0. The predicted octanol–water partition coefficient (Wildman–Crippen LogP) is 3.77. The maximum absolute atomic E-state index is 9.68. The van der Waals surface area contributed by atoms with Crippen LogP contribution in [0.25, 0.3) is 0 Å². The maximum Gasteiger partial charge on any atom is 0.0691 e. The van der Waals surface area contributed by atoms with Gasteiger partial charge in [0.25, 0.3) is 0 Å². The normalized spacial score (nSPS) is 26.1. The Labute approximate surface area is 131 Å². The zero-order chi connectivity index (χ0) is 15.3. The highest BCUT2D eigenvalue weighted by Crippen LogP contribution is 2.18. The molecule has 0 bridgehead atoms. The van der Waals surface area contributed by atoms with Gasteiger partial charge in [0.15, 0.2) is 0 Å². The fraction of sp³-hybridized carbons (Fsp3) is 1.00. The van der Waals surface area contributed by atoms with Gasteiger partial charge >= 0.3 is 0 Å². The van der Waals surface area contributed by atoms with E-state index < -0.39 is 0 Å². The molecule has 21 heavy (non-hydrogen) atoms. The number of unbranched alkanes of at least 4 members (excludes halogenated alkanes) is 9. The molecule has 0 aromatic carbocycles. The van der Waals surface area contributed by atoms with E-state index in [1.807, 2.05) is 0 Å². The van der Waals surface area contributed by atoms with Gasteiger partial charge in [-0.25, -0.2) is 0 Å². The van der Waals surface area contributed by atoms with Crippen LogP contribution in [0.5, 0.6) is 0 Å². The van der Waals surface area contributed by atoms with Gasteiger partial charge in [-0.2, -0.15) is 0 Å². The average Bonchev–Trinajstić information content (AvgIpc) is 2.48. The van der Waals surface area contributed by atoms with E-state index in [0.717, 1.165) is 19.3 Å². The fourth-order valence-corrected chi connectivity index (χ4v) is 3.33. The Bertz CT molecular complexity index is 235. The van der Waals surface area contributed by atoms with E-state index in [9.17, 15) is 5.11 Å². The monoisotopic (exact) mass is 299 g/mol. The Hall–Kier alpha value is -0.120. The first kappa shape index (κ1) is 18.9. The largest absolute Gasteiger partial charge is 0.396 e. The molecule has 1 rings (SSSR count). The maximum atomic E-state index is 9.68. The lowest BCUT2D eigenvalue weighted by molar-refractivity contribution is 0.0849. The molecule has 126 valence electrons. The van der Waals surface area contributed by atoms with Crippen LogP contribution in [-0.2, 0) is 0 Å². The molecular formula is C18H37NO2. The second-order valence-electron chi connectivity index (χ2n) is 6.84. The summed E-state index contributed by atoms with van der Waals surface area (Å²) in [6.07, 6.45) is 16.2. The van der Waals surface area contributed by atoms with Crippen LogP contribution in [0.1, 0.15) is 90.4 Å². The first-order valence-electron chi connectivity index (χ1n) is 9.29. The number of aliphatic hydroxyl groups is 2. The molecule has 0 aromatic heterocycles. The third-order valence-electron chi connectivity index (χ3n) is 4.85. The molecule has 3 atom stereocenters. The highest BCUT2D eigenvalue weighted by Gasteiger charge is 2.24. The quantitative estimate of drug-likeness (QED) is 0.481. The number of hydrogen-bond acceptors (Lipinski definition) is 3. The van der Waals surface area contributed by atoms with Crippen molar-refractivity contribution in [1.29, 1.82) is 0 Å². The standard InChI is InChI=1S/C18H37NO2/c1-16-18(21)14-13-17(19-16)12-10-8-6-4-2-3-5-7-9-11-15-20/h16-21H,2-15H2,1H3/t16-,17-,18-/m0/s1. The van der Waals surface area contributed by atoms with Crippen LogP contribution < -0.4 is 5.32 Å². The number of piperidine rings is 1. The molecule has 0 aliphatic carbocycles. The van der Waals surface area contributed by atoms with Gasteiger partial charge in [0, 0.05) is 18.7 Å². The summed E-state index contributed by atoms with van der Waals surface area (Å²) in [5, 5.41) is 21.9. The number of nitrogens with one attached hydrogen (secondary N) is 1. The summed E-state index contributed by atoms with van der Waals surface area (Å²) in [6, 6.07) is 0.907. The highest BCUT2D eigenvalue weighted by molar-refractivity contribution is 4.83. The van der Waals surface area contributed by atoms with E-state index in [1.165, 1.54) is 64.2 Å². The molecular weight excluding hydrogens is 262 g/mol. The minimum Gasteiger partial charge on any atom is -0.396 e. The van der Waals surface area contributed by atoms with Crippen LogP contribution >= 0.6 is 0 Å². The van der Waals surface area contributed by atoms with Crippen LogP contribution in [0.4, 0.5) is 0 Å². The second kappa shape index (κ2) is 12.4. The van der Waals surface area contributed by atoms with E-state index in [2.05, 4.69) is 12.2 Å². The van der Waals surface area contributed by atoms with E-state index >= 15 is 0 Å². The van der Waals surface area contributed by atoms with Crippen molar-refractivity contribution in [1.82, 2.24) is 5.32 Å². The summed E-state index contributed by atoms with van der Waals surface area (Å²) in [7, 11) is 0. The van der Waals surface area contributed by atoms with E-state index in [4.69, 9.17) is 5.11 Å². The Morgan fingerprint density at radius 2 is 1.33 bits per heavy atom. The van der Waals surface area contributed by atoms with Crippen LogP contribution in [0.2, 0.25) is 0 Å². The summed E-state index contributed by atoms with van der Waals surface area (Å²) in [5.74, 6) is 0. The highest BCUT2D eigenvalue weighted by atomic mass is 16.3. The Balaban J connectivity index is 1.80. The minimum absolute atomic E-state index is 0.140. The third kappa shape index (κ3) is 9.49. The van der Waals surface area contributed by atoms with Gasteiger partial charge < -0.3 is 15.5 Å². The van der Waals surface area contributed by atoms with Gasteiger partial charge in [-0.15, -0.1) is 0 Å². The van der Waals surface area contributed by atoms with Crippen LogP contribution in [0.3, 0.4) is 0 Å². The Kier molecular flexibility index (Phi) is 11.2. The summed E-state index contributed by atoms with van der Waals surface area (Å²) in [5.41, 5.74) is 0.